The fraction of sp³-hybridized carbons (Fsp3) is 0.609. The predicted octanol–water partition coefficient (Wildman–Crippen LogP) is 2.55. The van der Waals surface area contributed by atoms with Crippen LogP contribution in [0.5, 0.6) is 0 Å². The van der Waals surface area contributed by atoms with Crippen LogP contribution in [0.2, 0.25) is 0 Å². The van der Waals surface area contributed by atoms with E-state index in [2.05, 4.69) is 35.8 Å². The largest absolute Gasteiger partial charge is 0.375 e. The summed E-state index contributed by atoms with van der Waals surface area (Å²) in [7, 11) is 0. The number of amides is 1. The van der Waals surface area contributed by atoms with Gasteiger partial charge in [0.2, 0.25) is 5.91 Å². The van der Waals surface area contributed by atoms with Gasteiger partial charge in [-0.1, -0.05) is 6.07 Å². The first kappa shape index (κ1) is 21.0. The van der Waals surface area contributed by atoms with Crippen LogP contribution in [0.15, 0.2) is 24.5 Å². The molecular weight excluding hydrogens is 378 g/mol. The molecule has 2 aliphatic rings. The number of rotatable bonds is 8. The minimum absolute atomic E-state index is 0.0237. The number of carbonyl (C=O) groups excluding carboxylic acids is 1. The highest BCUT2D eigenvalue weighted by molar-refractivity contribution is 5.78. The lowest BCUT2D eigenvalue weighted by Gasteiger charge is -2.25. The molecule has 3 heterocycles. The number of pyridine rings is 1. The van der Waals surface area contributed by atoms with Crippen molar-refractivity contribution in [3.63, 3.8) is 0 Å². The van der Waals surface area contributed by atoms with Crippen LogP contribution >= 0.6 is 0 Å². The molecular formula is C23H33N5O2. The van der Waals surface area contributed by atoms with Crippen LogP contribution in [0.1, 0.15) is 42.3 Å². The molecule has 0 radical (unpaired) electrons. The minimum Gasteiger partial charge on any atom is -0.375 e. The Hall–Kier alpha value is -2.25. The van der Waals surface area contributed by atoms with E-state index in [9.17, 15) is 4.79 Å². The van der Waals surface area contributed by atoms with Gasteiger partial charge in [0.25, 0.3) is 0 Å². The highest BCUT2D eigenvalue weighted by Crippen LogP contribution is 2.29. The van der Waals surface area contributed by atoms with E-state index in [0.29, 0.717) is 25.6 Å². The second kappa shape index (κ2) is 9.27. The summed E-state index contributed by atoms with van der Waals surface area (Å²) >= 11 is 0. The summed E-state index contributed by atoms with van der Waals surface area (Å²) in [6.07, 6.45) is 6.16. The summed E-state index contributed by atoms with van der Waals surface area (Å²) in [5, 5.41) is 4.65. The van der Waals surface area contributed by atoms with Gasteiger partial charge >= 0.3 is 0 Å². The first-order chi connectivity index (χ1) is 14.5. The van der Waals surface area contributed by atoms with Gasteiger partial charge in [0.1, 0.15) is 0 Å². The van der Waals surface area contributed by atoms with E-state index in [0.717, 1.165) is 37.5 Å². The second-order valence-corrected chi connectivity index (χ2v) is 8.67. The van der Waals surface area contributed by atoms with Crippen molar-refractivity contribution in [2.75, 3.05) is 26.2 Å². The number of hydrogen-bond acceptors (Lipinski definition) is 5. The second-order valence-electron chi connectivity index (χ2n) is 8.67. The highest BCUT2D eigenvalue weighted by Gasteiger charge is 2.31. The number of ether oxygens (including phenoxy) is 1. The monoisotopic (exact) mass is 411 g/mol. The Balaban J connectivity index is 1.50. The topological polar surface area (TPSA) is 63.5 Å². The molecule has 1 aliphatic heterocycles. The van der Waals surface area contributed by atoms with Gasteiger partial charge in [-0.3, -0.25) is 19.4 Å². The Morgan fingerprint density at radius 1 is 1.20 bits per heavy atom. The summed E-state index contributed by atoms with van der Waals surface area (Å²) < 4.78 is 8.33. The van der Waals surface area contributed by atoms with Gasteiger partial charge in [-0.2, -0.15) is 5.10 Å². The molecule has 4 rings (SSSR count). The van der Waals surface area contributed by atoms with Gasteiger partial charge in [-0.15, -0.1) is 0 Å². The standard InChI is InChI=1S/C23H33N5O2/c1-4-28-18(3)22(17(2)25-28)14-26-12-21(30-16-19-7-8-19)13-27(23(29)15-26)11-20-6-5-9-24-10-20/h5-6,9-10,19,21H,4,7-8,11-16H2,1-3H3. The molecule has 0 spiro atoms. The van der Waals surface area contributed by atoms with Gasteiger partial charge in [-0.25, -0.2) is 0 Å². The van der Waals surface area contributed by atoms with Crippen LogP contribution in [-0.4, -0.2) is 62.8 Å². The number of aryl methyl sites for hydroxylation is 2. The average molecular weight is 412 g/mol. The number of aromatic nitrogens is 3. The average Bonchev–Trinajstić information content (AvgIpc) is 3.54. The third-order valence-electron chi connectivity index (χ3n) is 6.17. The van der Waals surface area contributed by atoms with Crippen LogP contribution in [0, 0.1) is 19.8 Å². The summed E-state index contributed by atoms with van der Waals surface area (Å²) in [6, 6.07) is 3.94. The highest BCUT2D eigenvalue weighted by atomic mass is 16.5. The maximum atomic E-state index is 13.1. The summed E-state index contributed by atoms with van der Waals surface area (Å²) in [4.78, 5) is 21.5. The van der Waals surface area contributed by atoms with Crippen LogP contribution < -0.4 is 0 Å². The molecule has 1 saturated carbocycles. The lowest BCUT2D eigenvalue weighted by Crippen LogP contribution is -2.37. The zero-order valence-corrected chi connectivity index (χ0v) is 18.4. The number of nitrogens with zero attached hydrogens (tertiary/aromatic N) is 5. The van der Waals surface area contributed by atoms with Crippen LogP contribution in [0.3, 0.4) is 0 Å². The molecule has 1 amide bonds. The summed E-state index contributed by atoms with van der Waals surface area (Å²) in [5.41, 5.74) is 4.52. The van der Waals surface area contributed by atoms with Crippen molar-refractivity contribution >= 4 is 5.91 Å². The molecule has 1 atom stereocenters. The maximum Gasteiger partial charge on any atom is 0.237 e. The fourth-order valence-corrected chi connectivity index (χ4v) is 4.19. The quantitative estimate of drug-likeness (QED) is 0.668. The van der Waals surface area contributed by atoms with Crippen molar-refractivity contribution in [2.24, 2.45) is 5.92 Å². The Kier molecular flexibility index (Phi) is 6.49. The van der Waals surface area contributed by atoms with Crippen LogP contribution in [0.25, 0.3) is 0 Å². The van der Waals surface area contributed by atoms with Crippen molar-refractivity contribution in [2.45, 2.75) is 59.4 Å². The third-order valence-corrected chi connectivity index (χ3v) is 6.17. The van der Waals surface area contributed by atoms with Crippen LogP contribution in [-0.2, 0) is 29.2 Å². The van der Waals surface area contributed by atoms with Crippen molar-refractivity contribution in [3.05, 3.63) is 47.0 Å². The summed E-state index contributed by atoms with van der Waals surface area (Å²) in [5.74, 6) is 0.853. The summed E-state index contributed by atoms with van der Waals surface area (Å²) in [6.45, 7) is 11.1. The van der Waals surface area contributed by atoms with E-state index < -0.39 is 0 Å². The molecule has 0 N–H and O–H groups in total. The number of hydrogen-bond donors (Lipinski definition) is 0. The molecule has 162 valence electrons. The smallest absolute Gasteiger partial charge is 0.237 e. The van der Waals surface area contributed by atoms with Gasteiger partial charge < -0.3 is 9.64 Å². The van der Waals surface area contributed by atoms with Gasteiger partial charge in [0.05, 0.1) is 18.3 Å². The Morgan fingerprint density at radius 3 is 2.70 bits per heavy atom. The van der Waals surface area contributed by atoms with Crippen molar-refractivity contribution in [3.8, 4) is 0 Å². The molecule has 7 heteroatoms. The molecule has 2 aromatic rings. The minimum atomic E-state index is 0.0237. The van der Waals surface area contributed by atoms with E-state index in [1.54, 1.807) is 6.20 Å². The first-order valence-corrected chi connectivity index (χ1v) is 11.1. The van der Waals surface area contributed by atoms with Crippen LogP contribution in [0.4, 0.5) is 0 Å². The predicted molar refractivity (Wildman–Crippen MR) is 115 cm³/mol. The number of carbonyl (C=O) groups is 1. The molecule has 1 saturated heterocycles. The molecule has 2 fully saturated rings. The molecule has 30 heavy (non-hydrogen) atoms. The first-order valence-electron chi connectivity index (χ1n) is 11.1. The molecule has 7 nitrogen and oxygen atoms in total. The zero-order valence-electron chi connectivity index (χ0n) is 18.4. The SMILES string of the molecule is CCn1nc(C)c(CN2CC(=O)N(Cc3cccnc3)CC(OCC3CC3)C2)c1C. The van der Waals surface area contributed by atoms with E-state index >= 15 is 0 Å². The maximum absolute atomic E-state index is 13.1. The van der Waals surface area contributed by atoms with E-state index in [1.807, 2.05) is 27.9 Å². The van der Waals surface area contributed by atoms with E-state index in [-0.39, 0.29) is 12.0 Å². The fourth-order valence-electron chi connectivity index (χ4n) is 4.19. The lowest BCUT2D eigenvalue weighted by atomic mass is 10.1. The van der Waals surface area contributed by atoms with Crippen molar-refractivity contribution < 1.29 is 9.53 Å². The Morgan fingerprint density at radius 2 is 2.03 bits per heavy atom. The van der Waals surface area contributed by atoms with Gasteiger partial charge in [0.15, 0.2) is 0 Å². The van der Waals surface area contributed by atoms with Crippen molar-refractivity contribution in [1.29, 1.82) is 0 Å². The van der Waals surface area contributed by atoms with E-state index in [1.165, 1.54) is 24.1 Å². The zero-order chi connectivity index (χ0) is 21.1. The van der Waals surface area contributed by atoms with Crippen molar-refractivity contribution in [1.82, 2.24) is 24.6 Å². The van der Waals surface area contributed by atoms with E-state index in [4.69, 9.17) is 4.74 Å². The molecule has 0 aromatic carbocycles. The molecule has 1 aliphatic carbocycles. The molecule has 2 aromatic heterocycles. The Labute approximate surface area is 179 Å². The van der Waals surface area contributed by atoms with Gasteiger partial charge in [0, 0.05) is 63.0 Å². The lowest BCUT2D eigenvalue weighted by molar-refractivity contribution is -0.132. The normalized spacial score (nSPS) is 20.6. The van der Waals surface area contributed by atoms with Gasteiger partial charge in [-0.05, 0) is 51.2 Å². The Bertz CT molecular complexity index is 862. The third kappa shape index (κ3) is 5.08. The molecule has 0 bridgehead atoms. The molecule has 1 unspecified atom stereocenters.